The summed E-state index contributed by atoms with van der Waals surface area (Å²) in [5.41, 5.74) is 0. The van der Waals surface area contributed by atoms with Gasteiger partial charge in [0.05, 0.1) is 13.2 Å². The fourth-order valence-electron chi connectivity index (χ4n) is 1.94. The third-order valence-electron chi connectivity index (χ3n) is 3.42. The van der Waals surface area contributed by atoms with Crippen molar-refractivity contribution in [2.45, 2.75) is 70.8 Å². The molecule has 3 heteroatoms. The van der Waals surface area contributed by atoms with E-state index in [4.69, 9.17) is 0 Å². The van der Waals surface area contributed by atoms with Gasteiger partial charge in [-0.1, -0.05) is 62.6 Å². The summed E-state index contributed by atoms with van der Waals surface area (Å²) in [6, 6.07) is 0. The maximum atomic E-state index is 10.9. The summed E-state index contributed by atoms with van der Waals surface area (Å²) >= 11 is 0. The van der Waals surface area contributed by atoms with Crippen LogP contribution >= 0.6 is 0 Å². The van der Waals surface area contributed by atoms with Gasteiger partial charge in [-0.25, -0.2) is 0 Å². The SMILES string of the molecule is CC[C@@H](O)/C=C/C=C\C/C=C\CCCCCCCC(=O)OC. The molecule has 0 fully saturated rings. The Kier molecular flexibility index (Phi) is 15.0. The number of aliphatic hydroxyl groups is 1. The van der Waals surface area contributed by atoms with E-state index >= 15 is 0 Å². The summed E-state index contributed by atoms with van der Waals surface area (Å²) in [5, 5.41) is 9.32. The fourth-order valence-corrected chi connectivity index (χ4v) is 1.94. The molecule has 0 radical (unpaired) electrons. The molecule has 1 N–H and O–H groups in total. The molecule has 0 heterocycles. The van der Waals surface area contributed by atoms with Crippen LogP contribution in [0, 0.1) is 0 Å². The Morgan fingerprint density at radius 3 is 2.50 bits per heavy atom. The van der Waals surface area contributed by atoms with Crippen LogP contribution in [0.1, 0.15) is 64.7 Å². The first kappa shape index (κ1) is 20.6. The highest BCUT2D eigenvalue weighted by Gasteiger charge is 1.98. The van der Waals surface area contributed by atoms with Gasteiger partial charge < -0.3 is 9.84 Å². The lowest BCUT2D eigenvalue weighted by Crippen LogP contribution is -1.98. The highest BCUT2D eigenvalue weighted by atomic mass is 16.5. The average Bonchev–Trinajstić information content (AvgIpc) is 2.54. The maximum absolute atomic E-state index is 10.9. The minimum Gasteiger partial charge on any atom is -0.469 e. The average molecular weight is 308 g/mol. The molecule has 0 aliphatic rings. The monoisotopic (exact) mass is 308 g/mol. The van der Waals surface area contributed by atoms with E-state index in [9.17, 15) is 9.90 Å². The third-order valence-corrected chi connectivity index (χ3v) is 3.42. The van der Waals surface area contributed by atoms with Gasteiger partial charge in [0.2, 0.25) is 0 Å². The second kappa shape index (κ2) is 16.0. The van der Waals surface area contributed by atoms with Crippen molar-refractivity contribution >= 4 is 5.97 Å². The lowest BCUT2D eigenvalue weighted by molar-refractivity contribution is -0.140. The molecule has 0 bridgehead atoms. The number of carbonyl (C=O) groups excluding carboxylic acids is 1. The van der Waals surface area contributed by atoms with Crippen molar-refractivity contribution in [2.75, 3.05) is 7.11 Å². The van der Waals surface area contributed by atoms with Crippen molar-refractivity contribution in [1.82, 2.24) is 0 Å². The molecule has 0 unspecified atom stereocenters. The predicted molar refractivity (Wildman–Crippen MR) is 92.7 cm³/mol. The van der Waals surface area contributed by atoms with Gasteiger partial charge in [0.15, 0.2) is 0 Å². The molecule has 0 aliphatic heterocycles. The molecule has 0 spiro atoms. The number of carbonyl (C=O) groups is 1. The van der Waals surface area contributed by atoms with E-state index in [1.54, 1.807) is 6.08 Å². The second-order valence-electron chi connectivity index (χ2n) is 5.38. The fraction of sp³-hybridized carbons (Fsp3) is 0.632. The van der Waals surface area contributed by atoms with Gasteiger partial charge in [0.25, 0.3) is 0 Å². The Morgan fingerprint density at radius 1 is 1.05 bits per heavy atom. The number of allylic oxidation sites excluding steroid dienone is 5. The van der Waals surface area contributed by atoms with E-state index in [1.165, 1.54) is 26.4 Å². The summed E-state index contributed by atoms with van der Waals surface area (Å²) < 4.78 is 4.60. The van der Waals surface area contributed by atoms with Crippen LogP contribution in [0.5, 0.6) is 0 Å². The van der Waals surface area contributed by atoms with Gasteiger partial charge in [-0.3, -0.25) is 4.79 Å². The topological polar surface area (TPSA) is 46.5 Å². The highest BCUT2D eigenvalue weighted by molar-refractivity contribution is 5.68. The van der Waals surface area contributed by atoms with Crippen molar-refractivity contribution < 1.29 is 14.6 Å². The molecule has 0 aromatic carbocycles. The van der Waals surface area contributed by atoms with Gasteiger partial charge in [0.1, 0.15) is 0 Å². The van der Waals surface area contributed by atoms with Crippen molar-refractivity contribution in [3.8, 4) is 0 Å². The van der Waals surface area contributed by atoms with E-state index in [0.717, 1.165) is 32.1 Å². The molecule has 0 aromatic rings. The minimum absolute atomic E-state index is 0.102. The molecule has 0 saturated heterocycles. The lowest BCUT2D eigenvalue weighted by Gasteiger charge is -1.99. The molecule has 0 saturated carbocycles. The van der Waals surface area contributed by atoms with Gasteiger partial charge in [-0.05, 0) is 32.1 Å². The Hall–Kier alpha value is -1.35. The van der Waals surface area contributed by atoms with Crippen LogP contribution in [-0.2, 0) is 9.53 Å². The number of ether oxygens (including phenoxy) is 1. The quantitative estimate of drug-likeness (QED) is 0.232. The Balaban J connectivity index is 3.36. The zero-order valence-corrected chi connectivity index (χ0v) is 14.2. The van der Waals surface area contributed by atoms with E-state index in [-0.39, 0.29) is 12.1 Å². The molecule has 0 amide bonds. The Morgan fingerprint density at radius 2 is 1.77 bits per heavy atom. The molecule has 0 aromatic heterocycles. The van der Waals surface area contributed by atoms with Crippen LogP contribution in [-0.4, -0.2) is 24.3 Å². The molecule has 0 aliphatic carbocycles. The van der Waals surface area contributed by atoms with Gasteiger partial charge in [-0.15, -0.1) is 0 Å². The first-order chi connectivity index (χ1) is 10.7. The number of aliphatic hydroxyl groups excluding tert-OH is 1. The van der Waals surface area contributed by atoms with Gasteiger partial charge in [-0.2, -0.15) is 0 Å². The summed E-state index contributed by atoms with van der Waals surface area (Å²) in [7, 11) is 1.44. The van der Waals surface area contributed by atoms with Gasteiger partial charge >= 0.3 is 5.97 Å². The summed E-state index contributed by atoms with van der Waals surface area (Å²) in [6.07, 6.45) is 20.9. The smallest absolute Gasteiger partial charge is 0.305 e. The lowest BCUT2D eigenvalue weighted by atomic mass is 10.1. The largest absolute Gasteiger partial charge is 0.469 e. The van der Waals surface area contributed by atoms with Crippen molar-refractivity contribution in [2.24, 2.45) is 0 Å². The zero-order valence-electron chi connectivity index (χ0n) is 14.2. The standard InChI is InChI=1S/C19H32O3/c1-3-18(20)16-14-12-10-8-6-4-5-7-9-11-13-15-17-19(21)22-2/h4,6,10,12,14,16,18,20H,3,5,7-9,11,13,15,17H2,1-2H3/b6-4-,12-10-,16-14+/t18-/m1/s1. The van der Waals surface area contributed by atoms with Crippen LogP contribution in [0.2, 0.25) is 0 Å². The number of methoxy groups -OCH3 is 1. The molecule has 0 rings (SSSR count). The van der Waals surface area contributed by atoms with E-state index in [2.05, 4.69) is 23.0 Å². The number of hydrogen-bond donors (Lipinski definition) is 1. The van der Waals surface area contributed by atoms with Crippen molar-refractivity contribution in [3.63, 3.8) is 0 Å². The summed E-state index contributed by atoms with van der Waals surface area (Å²) in [5.74, 6) is -0.102. The number of hydrogen-bond acceptors (Lipinski definition) is 3. The predicted octanol–water partition coefficient (Wildman–Crippen LogP) is 4.72. The van der Waals surface area contributed by atoms with E-state index < -0.39 is 0 Å². The number of esters is 1. The van der Waals surface area contributed by atoms with E-state index in [1.807, 2.05) is 19.1 Å². The molecule has 3 nitrogen and oxygen atoms in total. The second-order valence-corrected chi connectivity index (χ2v) is 5.38. The molecule has 22 heavy (non-hydrogen) atoms. The number of unbranched alkanes of at least 4 members (excludes halogenated alkanes) is 5. The van der Waals surface area contributed by atoms with Crippen LogP contribution in [0.25, 0.3) is 0 Å². The van der Waals surface area contributed by atoms with Gasteiger partial charge in [0, 0.05) is 6.42 Å². The molecular weight excluding hydrogens is 276 g/mol. The third kappa shape index (κ3) is 15.0. The normalized spacial score (nSPS) is 13.4. The zero-order chi connectivity index (χ0) is 16.5. The number of rotatable bonds is 13. The van der Waals surface area contributed by atoms with Crippen molar-refractivity contribution in [1.29, 1.82) is 0 Å². The minimum atomic E-state index is -0.326. The van der Waals surface area contributed by atoms with Crippen LogP contribution < -0.4 is 0 Å². The van der Waals surface area contributed by atoms with E-state index in [0.29, 0.717) is 6.42 Å². The first-order valence-electron chi connectivity index (χ1n) is 8.44. The van der Waals surface area contributed by atoms with Crippen molar-refractivity contribution in [3.05, 3.63) is 36.5 Å². The summed E-state index contributed by atoms with van der Waals surface area (Å²) in [4.78, 5) is 10.9. The maximum Gasteiger partial charge on any atom is 0.305 e. The highest BCUT2D eigenvalue weighted by Crippen LogP contribution is 2.08. The molecule has 126 valence electrons. The Labute approximate surface area is 135 Å². The molecule has 1 atom stereocenters. The van der Waals surface area contributed by atoms with Crippen LogP contribution in [0.15, 0.2) is 36.5 Å². The van der Waals surface area contributed by atoms with Crippen LogP contribution in [0.3, 0.4) is 0 Å². The molecular formula is C19H32O3. The van der Waals surface area contributed by atoms with Crippen LogP contribution in [0.4, 0.5) is 0 Å². The summed E-state index contributed by atoms with van der Waals surface area (Å²) in [6.45, 7) is 1.96. The Bertz CT molecular complexity index is 343. The first-order valence-corrected chi connectivity index (χ1v) is 8.44.